The van der Waals surface area contributed by atoms with Crippen molar-refractivity contribution in [1.29, 1.82) is 0 Å². The van der Waals surface area contributed by atoms with E-state index in [-0.39, 0.29) is 24.4 Å². The van der Waals surface area contributed by atoms with Gasteiger partial charge in [-0.1, -0.05) is 11.6 Å². The molecule has 2 N–H and O–H groups in total. The van der Waals surface area contributed by atoms with E-state index >= 15 is 0 Å². The lowest BCUT2D eigenvalue weighted by Crippen LogP contribution is -2.54. The number of aromatic nitrogens is 1. The zero-order valence-electron chi connectivity index (χ0n) is 14.0. The Kier molecular flexibility index (Phi) is 3.71. The zero-order chi connectivity index (χ0) is 17.6. The Balaban J connectivity index is 1.41. The lowest BCUT2D eigenvalue weighted by Gasteiger charge is -2.35. The second kappa shape index (κ2) is 5.91. The number of urea groups is 1. The number of H-pyrrole nitrogens is 1. The first-order chi connectivity index (χ1) is 12.0. The molecule has 2 aliphatic heterocycles. The number of hydrogen-bond acceptors (Lipinski definition) is 3. The summed E-state index contributed by atoms with van der Waals surface area (Å²) in [5.74, 6) is -0.289. The number of benzene rings is 1. The van der Waals surface area contributed by atoms with Gasteiger partial charge in [0.1, 0.15) is 6.04 Å². The van der Waals surface area contributed by atoms with Crippen molar-refractivity contribution in [1.82, 2.24) is 20.1 Å². The van der Waals surface area contributed by atoms with E-state index in [1.54, 1.807) is 4.90 Å². The van der Waals surface area contributed by atoms with Crippen molar-refractivity contribution in [2.24, 2.45) is 0 Å². The monoisotopic (exact) mass is 340 g/mol. The summed E-state index contributed by atoms with van der Waals surface area (Å²) in [4.78, 5) is 42.4. The third kappa shape index (κ3) is 2.75. The van der Waals surface area contributed by atoms with Crippen LogP contribution in [0.3, 0.4) is 0 Å². The van der Waals surface area contributed by atoms with Gasteiger partial charge in [-0.05, 0) is 31.0 Å². The SMILES string of the molecule is Cc1ccc2[nH]cc(CCC(=O)N3CCN4C(=O)NC(=O)C4C3)c2c1. The molecule has 2 saturated heterocycles. The van der Waals surface area contributed by atoms with Crippen molar-refractivity contribution < 1.29 is 14.4 Å². The molecule has 2 aliphatic rings. The van der Waals surface area contributed by atoms with Crippen LogP contribution in [-0.2, 0) is 16.0 Å². The molecule has 4 rings (SSSR count). The third-order valence-electron chi connectivity index (χ3n) is 5.06. The van der Waals surface area contributed by atoms with Crippen LogP contribution in [0, 0.1) is 6.92 Å². The van der Waals surface area contributed by atoms with Gasteiger partial charge in [-0.25, -0.2) is 4.79 Å². The molecule has 2 aromatic rings. The Morgan fingerprint density at radius 2 is 2.12 bits per heavy atom. The second-order valence-corrected chi connectivity index (χ2v) is 6.71. The van der Waals surface area contributed by atoms with Gasteiger partial charge < -0.3 is 14.8 Å². The van der Waals surface area contributed by atoms with Crippen molar-refractivity contribution in [2.75, 3.05) is 19.6 Å². The number of imide groups is 1. The molecule has 130 valence electrons. The Morgan fingerprint density at radius 1 is 1.28 bits per heavy atom. The molecule has 7 heteroatoms. The summed E-state index contributed by atoms with van der Waals surface area (Å²) in [6.45, 7) is 3.21. The largest absolute Gasteiger partial charge is 0.361 e. The molecule has 3 heterocycles. The molecule has 0 radical (unpaired) electrons. The van der Waals surface area contributed by atoms with Crippen molar-refractivity contribution in [2.45, 2.75) is 25.8 Å². The Bertz CT molecular complexity index is 872. The van der Waals surface area contributed by atoms with E-state index in [0.717, 1.165) is 16.5 Å². The summed E-state index contributed by atoms with van der Waals surface area (Å²) in [7, 11) is 0. The van der Waals surface area contributed by atoms with E-state index in [0.29, 0.717) is 25.9 Å². The third-order valence-corrected chi connectivity index (χ3v) is 5.06. The molecule has 7 nitrogen and oxygen atoms in total. The molecule has 0 bridgehead atoms. The van der Waals surface area contributed by atoms with Gasteiger partial charge in [0.2, 0.25) is 5.91 Å². The fourth-order valence-electron chi connectivity index (χ4n) is 3.64. The van der Waals surface area contributed by atoms with Crippen LogP contribution in [0.4, 0.5) is 4.79 Å². The average molecular weight is 340 g/mol. The molecular weight excluding hydrogens is 320 g/mol. The Labute approximate surface area is 145 Å². The molecule has 1 atom stereocenters. The van der Waals surface area contributed by atoms with Crippen LogP contribution in [-0.4, -0.2) is 58.3 Å². The van der Waals surface area contributed by atoms with Crippen molar-refractivity contribution >= 4 is 28.7 Å². The number of carbonyl (C=O) groups excluding carboxylic acids is 3. The van der Waals surface area contributed by atoms with Gasteiger partial charge in [0.15, 0.2) is 0 Å². The summed E-state index contributed by atoms with van der Waals surface area (Å²) in [5, 5.41) is 3.46. The van der Waals surface area contributed by atoms with Crippen molar-refractivity contribution in [3.8, 4) is 0 Å². The highest BCUT2D eigenvalue weighted by Gasteiger charge is 2.42. The summed E-state index contributed by atoms with van der Waals surface area (Å²) >= 11 is 0. The maximum Gasteiger partial charge on any atom is 0.324 e. The first-order valence-corrected chi connectivity index (χ1v) is 8.49. The predicted molar refractivity (Wildman–Crippen MR) is 92.0 cm³/mol. The maximum absolute atomic E-state index is 12.6. The summed E-state index contributed by atoms with van der Waals surface area (Å²) in [6.07, 6.45) is 3.00. The number of fused-ring (bicyclic) bond motifs is 2. The van der Waals surface area contributed by atoms with Crippen LogP contribution < -0.4 is 5.32 Å². The van der Waals surface area contributed by atoms with Crippen LogP contribution in [0.15, 0.2) is 24.4 Å². The van der Waals surface area contributed by atoms with Crippen LogP contribution in [0.1, 0.15) is 17.5 Å². The molecule has 4 amide bonds. The van der Waals surface area contributed by atoms with E-state index in [1.807, 2.05) is 12.3 Å². The molecule has 25 heavy (non-hydrogen) atoms. The van der Waals surface area contributed by atoms with E-state index in [9.17, 15) is 14.4 Å². The predicted octanol–water partition coefficient (Wildman–Crippen LogP) is 1.17. The Hall–Kier alpha value is -2.83. The molecule has 0 spiro atoms. The minimum absolute atomic E-state index is 0.0220. The highest BCUT2D eigenvalue weighted by Crippen LogP contribution is 2.22. The van der Waals surface area contributed by atoms with Crippen molar-refractivity contribution in [3.05, 3.63) is 35.5 Å². The fourth-order valence-corrected chi connectivity index (χ4v) is 3.64. The molecule has 1 unspecified atom stereocenters. The van der Waals surface area contributed by atoms with Gasteiger partial charge in [-0.15, -0.1) is 0 Å². The van der Waals surface area contributed by atoms with E-state index < -0.39 is 6.04 Å². The van der Waals surface area contributed by atoms with Gasteiger partial charge in [-0.2, -0.15) is 0 Å². The van der Waals surface area contributed by atoms with Crippen LogP contribution >= 0.6 is 0 Å². The minimum atomic E-state index is -0.541. The molecule has 0 saturated carbocycles. The number of nitrogens with zero attached hydrogens (tertiary/aromatic N) is 2. The number of amides is 4. The van der Waals surface area contributed by atoms with Gasteiger partial charge in [0, 0.05) is 36.6 Å². The van der Waals surface area contributed by atoms with Crippen LogP contribution in [0.5, 0.6) is 0 Å². The molecule has 1 aromatic carbocycles. The number of hydrogen-bond donors (Lipinski definition) is 2. The quantitative estimate of drug-likeness (QED) is 0.823. The van der Waals surface area contributed by atoms with E-state index in [1.165, 1.54) is 10.5 Å². The molecule has 1 aromatic heterocycles. The highest BCUT2D eigenvalue weighted by atomic mass is 16.2. The van der Waals surface area contributed by atoms with Gasteiger partial charge in [0.05, 0.1) is 6.54 Å². The van der Waals surface area contributed by atoms with Crippen LogP contribution in [0.25, 0.3) is 10.9 Å². The zero-order valence-corrected chi connectivity index (χ0v) is 14.0. The fraction of sp³-hybridized carbons (Fsp3) is 0.389. The average Bonchev–Trinajstić information content (AvgIpc) is 3.13. The smallest absolute Gasteiger partial charge is 0.324 e. The summed E-state index contributed by atoms with van der Waals surface area (Å²) in [6, 6.07) is 5.34. The molecular formula is C18H20N4O3. The number of piperazine rings is 1. The Morgan fingerprint density at radius 3 is 2.96 bits per heavy atom. The van der Waals surface area contributed by atoms with Gasteiger partial charge in [0.25, 0.3) is 5.91 Å². The number of aromatic amines is 1. The number of carbonyl (C=O) groups is 3. The first kappa shape index (κ1) is 15.7. The van der Waals surface area contributed by atoms with E-state index in [2.05, 4.69) is 29.4 Å². The van der Waals surface area contributed by atoms with Gasteiger partial charge in [-0.3, -0.25) is 14.9 Å². The van der Waals surface area contributed by atoms with Crippen LogP contribution in [0.2, 0.25) is 0 Å². The number of nitrogens with one attached hydrogen (secondary N) is 2. The molecule has 2 fully saturated rings. The molecule has 0 aliphatic carbocycles. The maximum atomic E-state index is 12.6. The number of aryl methyl sites for hydroxylation is 2. The topological polar surface area (TPSA) is 85.5 Å². The number of rotatable bonds is 3. The van der Waals surface area contributed by atoms with E-state index in [4.69, 9.17) is 0 Å². The summed E-state index contributed by atoms with van der Waals surface area (Å²) < 4.78 is 0. The van der Waals surface area contributed by atoms with Gasteiger partial charge >= 0.3 is 6.03 Å². The van der Waals surface area contributed by atoms with Crippen molar-refractivity contribution in [3.63, 3.8) is 0 Å². The first-order valence-electron chi connectivity index (χ1n) is 8.49. The second-order valence-electron chi connectivity index (χ2n) is 6.71. The lowest BCUT2D eigenvalue weighted by atomic mass is 10.1. The standard InChI is InChI=1S/C18H20N4O3/c1-11-2-4-14-13(8-11)12(9-19-14)3-5-16(23)21-6-7-22-15(10-21)17(24)20-18(22)25/h2,4,8-9,15,19H,3,5-7,10H2,1H3,(H,20,24,25). The highest BCUT2D eigenvalue weighted by molar-refractivity contribution is 6.04. The summed E-state index contributed by atoms with van der Waals surface area (Å²) in [5.41, 5.74) is 3.38. The normalized spacial score (nSPS) is 20.1. The minimum Gasteiger partial charge on any atom is -0.361 e. The lowest BCUT2D eigenvalue weighted by molar-refractivity contribution is -0.135.